The van der Waals surface area contributed by atoms with Crippen molar-refractivity contribution in [1.29, 1.82) is 0 Å². The van der Waals surface area contributed by atoms with Gasteiger partial charge in [0.05, 0.1) is 11.8 Å². The van der Waals surface area contributed by atoms with Crippen LogP contribution in [0.4, 0.5) is 0 Å². The smallest absolute Gasteiger partial charge is 0.326 e. The topological polar surface area (TPSA) is 130 Å². The summed E-state index contributed by atoms with van der Waals surface area (Å²) in [4.78, 5) is 22.8. The minimum Gasteiger partial charge on any atom is -0.480 e. The van der Waals surface area contributed by atoms with E-state index in [1.807, 2.05) is 0 Å². The number of rotatable bonds is 7. The molecule has 0 aliphatic carbocycles. The maximum atomic E-state index is 11.6. The van der Waals surface area contributed by atoms with Crippen LogP contribution < -0.4 is 11.1 Å². The van der Waals surface area contributed by atoms with Crippen LogP contribution in [0.2, 0.25) is 0 Å². The van der Waals surface area contributed by atoms with Gasteiger partial charge in [-0.05, 0) is 5.56 Å². The van der Waals surface area contributed by atoms with Crippen LogP contribution >= 0.6 is 0 Å². The van der Waals surface area contributed by atoms with Crippen LogP contribution in [0.5, 0.6) is 0 Å². The molecule has 0 aliphatic heterocycles. The molecule has 7 nitrogen and oxygen atoms in total. The summed E-state index contributed by atoms with van der Waals surface area (Å²) in [7, 11) is 0. The van der Waals surface area contributed by atoms with Crippen LogP contribution in [-0.4, -0.2) is 43.6 Å². The minimum absolute atomic E-state index is 0.108. The van der Waals surface area contributed by atoms with Gasteiger partial charge in [-0.2, -0.15) is 0 Å². The van der Waals surface area contributed by atoms with Gasteiger partial charge in [-0.15, -0.1) is 0 Å². The molecule has 0 saturated heterocycles. The van der Waals surface area contributed by atoms with E-state index in [9.17, 15) is 13.8 Å². The highest BCUT2D eigenvalue weighted by molar-refractivity contribution is 7.79. The fourth-order valence-corrected chi connectivity index (χ4v) is 2.02. The van der Waals surface area contributed by atoms with Crippen LogP contribution in [0.1, 0.15) is 5.56 Å². The lowest BCUT2D eigenvalue weighted by Crippen LogP contribution is -2.51. The number of amides is 1. The average molecular weight is 300 g/mol. The van der Waals surface area contributed by atoms with E-state index in [4.69, 9.17) is 15.4 Å². The number of aliphatic carboxylic acids is 1. The van der Waals surface area contributed by atoms with Crippen molar-refractivity contribution < 1.29 is 23.5 Å². The Labute approximate surface area is 118 Å². The zero-order chi connectivity index (χ0) is 15.1. The van der Waals surface area contributed by atoms with Gasteiger partial charge in [0.15, 0.2) is 11.1 Å². The molecule has 3 unspecified atom stereocenters. The summed E-state index contributed by atoms with van der Waals surface area (Å²) in [5.41, 5.74) is 6.15. The van der Waals surface area contributed by atoms with Crippen molar-refractivity contribution in [3.05, 3.63) is 35.9 Å². The molecule has 0 aromatic heterocycles. The van der Waals surface area contributed by atoms with Gasteiger partial charge in [0.25, 0.3) is 0 Å². The number of hydrogen-bond donors (Lipinski definition) is 4. The molecule has 1 amide bonds. The molecular weight excluding hydrogens is 284 g/mol. The molecule has 0 heterocycles. The molecule has 1 aromatic rings. The van der Waals surface area contributed by atoms with Crippen LogP contribution in [0.15, 0.2) is 30.3 Å². The number of nitrogens with one attached hydrogen (secondary N) is 1. The molecule has 1 rings (SSSR count). The summed E-state index contributed by atoms with van der Waals surface area (Å²) in [6.45, 7) is 0. The summed E-state index contributed by atoms with van der Waals surface area (Å²) in [6, 6.07) is 6.44. The van der Waals surface area contributed by atoms with Gasteiger partial charge < -0.3 is 20.7 Å². The van der Waals surface area contributed by atoms with Crippen molar-refractivity contribution in [2.75, 3.05) is 5.75 Å². The summed E-state index contributed by atoms with van der Waals surface area (Å²) >= 11 is -2.21. The molecule has 0 radical (unpaired) electrons. The van der Waals surface area contributed by atoms with Crippen molar-refractivity contribution in [1.82, 2.24) is 5.32 Å². The lowest BCUT2D eigenvalue weighted by atomic mass is 10.1. The number of hydrogen-bond acceptors (Lipinski definition) is 4. The Morgan fingerprint density at radius 2 is 1.90 bits per heavy atom. The predicted octanol–water partition coefficient (Wildman–Crippen LogP) is -0.652. The monoisotopic (exact) mass is 300 g/mol. The second kappa shape index (κ2) is 7.73. The molecular formula is C12H16N2O5S. The zero-order valence-corrected chi connectivity index (χ0v) is 11.4. The minimum atomic E-state index is -2.21. The molecule has 0 aliphatic rings. The summed E-state index contributed by atoms with van der Waals surface area (Å²) in [5.74, 6) is -2.40. The number of carbonyl (C=O) groups is 2. The van der Waals surface area contributed by atoms with Gasteiger partial charge >= 0.3 is 5.97 Å². The third-order valence-corrected chi connectivity index (χ3v) is 3.20. The zero-order valence-electron chi connectivity index (χ0n) is 10.6. The third kappa shape index (κ3) is 5.47. The number of nitrogens with two attached hydrogens (primary N) is 1. The highest BCUT2D eigenvalue weighted by Gasteiger charge is 2.24. The predicted molar refractivity (Wildman–Crippen MR) is 73.3 cm³/mol. The largest absolute Gasteiger partial charge is 0.480 e. The Bertz CT molecular complexity index is 494. The van der Waals surface area contributed by atoms with Gasteiger partial charge in [-0.3, -0.25) is 4.79 Å². The first-order valence-electron chi connectivity index (χ1n) is 5.80. The first-order chi connectivity index (χ1) is 9.40. The van der Waals surface area contributed by atoms with Crippen molar-refractivity contribution in [2.45, 2.75) is 18.5 Å². The van der Waals surface area contributed by atoms with Crippen LogP contribution in [0.25, 0.3) is 0 Å². The molecule has 5 N–H and O–H groups in total. The standard InChI is InChI=1S/C12H16N2O5S/c13-9(7-20(18)19)11(15)14-10(12(16)17)6-8-4-2-1-3-5-8/h1-5,9-10H,6-7,13H2,(H,14,15)(H,16,17)(H,18,19). The van der Waals surface area contributed by atoms with E-state index >= 15 is 0 Å². The molecule has 0 bridgehead atoms. The summed E-state index contributed by atoms with van der Waals surface area (Å²) in [5, 5.41) is 11.3. The Morgan fingerprint density at radius 1 is 1.30 bits per heavy atom. The lowest BCUT2D eigenvalue weighted by molar-refractivity contribution is -0.141. The van der Waals surface area contributed by atoms with E-state index in [0.717, 1.165) is 5.56 Å². The molecule has 1 aromatic carbocycles. The van der Waals surface area contributed by atoms with Crippen molar-refractivity contribution in [2.24, 2.45) is 5.73 Å². The quantitative estimate of drug-likeness (QED) is 0.495. The van der Waals surface area contributed by atoms with Crippen molar-refractivity contribution in [3.63, 3.8) is 0 Å². The van der Waals surface area contributed by atoms with Crippen LogP contribution in [0, 0.1) is 0 Å². The van der Waals surface area contributed by atoms with Gasteiger partial charge in [0, 0.05) is 6.42 Å². The van der Waals surface area contributed by atoms with E-state index < -0.39 is 40.8 Å². The highest BCUT2D eigenvalue weighted by Crippen LogP contribution is 2.03. The SMILES string of the molecule is NC(CS(=O)O)C(=O)NC(Cc1ccccc1)C(=O)O. The van der Waals surface area contributed by atoms with Crippen molar-refractivity contribution in [3.8, 4) is 0 Å². The molecule has 3 atom stereocenters. The van der Waals surface area contributed by atoms with Gasteiger partial charge in [0.2, 0.25) is 5.91 Å². The highest BCUT2D eigenvalue weighted by atomic mass is 32.2. The number of carboxylic acid groups (broad SMARTS) is 1. The second-order valence-corrected chi connectivity index (χ2v) is 5.16. The summed E-state index contributed by atoms with van der Waals surface area (Å²) in [6.07, 6.45) is 0.108. The van der Waals surface area contributed by atoms with E-state index in [-0.39, 0.29) is 6.42 Å². The van der Waals surface area contributed by atoms with Crippen LogP contribution in [0.3, 0.4) is 0 Å². The van der Waals surface area contributed by atoms with Gasteiger partial charge in [0.1, 0.15) is 6.04 Å². The maximum absolute atomic E-state index is 11.6. The Hall–Kier alpha value is -1.77. The number of benzene rings is 1. The van der Waals surface area contributed by atoms with Crippen LogP contribution in [-0.2, 0) is 27.1 Å². The van der Waals surface area contributed by atoms with E-state index in [1.54, 1.807) is 30.3 Å². The van der Waals surface area contributed by atoms with Crippen molar-refractivity contribution >= 4 is 23.0 Å². The molecule has 110 valence electrons. The van der Waals surface area contributed by atoms with Gasteiger partial charge in [-0.1, -0.05) is 30.3 Å². The Kier molecular flexibility index (Phi) is 6.29. The molecule has 0 spiro atoms. The Balaban J connectivity index is 2.66. The molecule has 0 saturated carbocycles. The fourth-order valence-electron chi connectivity index (χ4n) is 1.56. The summed E-state index contributed by atoms with van der Waals surface area (Å²) < 4.78 is 19.2. The number of carboxylic acids is 1. The first kappa shape index (κ1) is 16.3. The third-order valence-electron chi connectivity index (χ3n) is 2.56. The lowest BCUT2D eigenvalue weighted by Gasteiger charge is -2.17. The molecule has 20 heavy (non-hydrogen) atoms. The second-order valence-electron chi connectivity index (χ2n) is 4.18. The fraction of sp³-hybridized carbons (Fsp3) is 0.333. The molecule has 8 heteroatoms. The first-order valence-corrected chi connectivity index (χ1v) is 7.08. The normalized spacial score (nSPS) is 15.1. The van der Waals surface area contributed by atoms with E-state index in [2.05, 4.69) is 5.32 Å². The van der Waals surface area contributed by atoms with Gasteiger partial charge in [-0.25, -0.2) is 9.00 Å². The number of carbonyl (C=O) groups excluding carboxylic acids is 1. The Morgan fingerprint density at radius 3 is 2.40 bits per heavy atom. The van der Waals surface area contributed by atoms with E-state index in [0.29, 0.717) is 0 Å². The molecule has 0 fully saturated rings. The van der Waals surface area contributed by atoms with E-state index in [1.165, 1.54) is 0 Å². The maximum Gasteiger partial charge on any atom is 0.326 e. The average Bonchev–Trinajstić information content (AvgIpc) is 2.38.